The second kappa shape index (κ2) is 4.79. The fourth-order valence-electron chi connectivity index (χ4n) is 0.458. The first-order valence-corrected chi connectivity index (χ1v) is 8.13. The van der Waals surface area contributed by atoms with Gasteiger partial charge in [0.05, 0.1) is 0 Å². The van der Waals surface area contributed by atoms with Crippen molar-refractivity contribution in [3.8, 4) is 0 Å². The van der Waals surface area contributed by atoms with Crippen molar-refractivity contribution in [3.63, 3.8) is 0 Å². The van der Waals surface area contributed by atoms with Crippen molar-refractivity contribution in [3.05, 3.63) is 5.21 Å². The molecule has 0 spiro atoms. The van der Waals surface area contributed by atoms with Crippen LogP contribution in [0.2, 0.25) is 25.7 Å². The highest BCUT2D eigenvalue weighted by Crippen LogP contribution is 2.11. The number of nitrogens with one attached hydrogen (secondary N) is 1. The third-order valence-electron chi connectivity index (χ3n) is 1.10. The molecule has 0 aliphatic rings. The average molecular weight is 177 g/mol. The monoisotopic (exact) mass is 177 g/mol. The Hall–Kier alpha value is 0.0369. The first kappa shape index (κ1) is 10.0. The highest BCUT2D eigenvalue weighted by atomic mass is 32.2. The van der Waals surface area contributed by atoms with E-state index < -0.39 is 8.07 Å². The van der Waals surface area contributed by atoms with E-state index >= 15 is 0 Å². The zero-order valence-corrected chi connectivity index (χ0v) is 8.62. The molecule has 0 aliphatic carbocycles. The van der Waals surface area contributed by atoms with E-state index in [2.05, 4.69) is 19.6 Å². The molecule has 0 bridgehead atoms. The van der Waals surface area contributed by atoms with Crippen LogP contribution in [0.25, 0.3) is 0 Å². The SMILES string of the molecule is C[Si](C)(C)CCS/C=[NH+]\[O-]. The maximum Gasteiger partial charge on any atom is 0.207 e. The van der Waals surface area contributed by atoms with Crippen LogP contribution in [-0.4, -0.2) is 19.4 Å². The molecule has 1 N–H and O–H groups in total. The lowest BCUT2D eigenvalue weighted by atomic mass is 11.0. The van der Waals surface area contributed by atoms with Gasteiger partial charge in [-0.15, -0.1) is 0 Å². The molecule has 0 amide bonds. The second-order valence-corrected chi connectivity index (χ2v) is 10.0. The fourth-order valence-corrected chi connectivity index (χ4v) is 3.56. The van der Waals surface area contributed by atoms with Crippen LogP contribution in [0.15, 0.2) is 0 Å². The molecule has 0 aromatic rings. The van der Waals surface area contributed by atoms with E-state index in [0.29, 0.717) is 0 Å². The fraction of sp³-hybridized carbons (Fsp3) is 0.833. The van der Waals surface area contributed by atoms with E-state index in [0.717, 1.165) is 5.75 Å². The Kier molecular flexibility index (Phi) is 4.81. The Labute approximate surface area is 67.7 Å². The molecule has 0 rings (SSSR count). The number of hydrogen-bond acceptors (Lipinski definition) is 2. The lowest BCUT2D eigenvalue weighted by Crippen LogP contribution is -2.59. The van der Waals surface area contributed by atoms with Crippen LogP contribution >= 0.6 is 11.8 Å². The highest BCUT2D eigenvalue weighted by Gasteiger charge is 2.11. The van der Waals surface area contributed by atoms with Gasteiger partial charge in [0.25, 0.3) is 0 Å². The molecule has 0 aromatic carbocycles. The summed E-state index contributed by atoms with van der Waals surface area (Å²) in [6, 6.07) is 1.27. The van der Waals surface area contributed by atoms with Gasteiger partial charge in [0.1, 0.15) is 0 Å². The van der Waals surface area contributed by atoms with Crippen molar-refractivity contribution < 1.29 is 5.16 Å². The van der Waals surface area contributed by atoms with Crippen LogP contribution in [-0.2, 0) is 0 Å². The Balaban J connectivity index is 3.20. The third kappa shape index (κ3) is 8.04. The largest absolute Gasteiger partial charge is 0.625 e. The Morgan fingerprint density at radius 3 is 2.50 bits per heavy atom. The van der Waals surface area contributed by atoms with E-state index in [1.807, 2.05) is 0 Å². The smallest absolute Gasteiger partial charge is 0.207 e. The first-order chi connectivity index (χ1) is 4.56. The van der Waals surface area contributed by atoms with Gasteiger partial charge in [-0.1, -0.05) is 31.4 Å². The molecule has 4 heteroatoms. The van der Waals surface area contributed by atoms with Gasteiger partial charge in [0.2, 0.25) is 5.55 Å². The van der Waals surface area contributed by atoms with E-state index in [4.69, 9.17) is 0 Å². The number of thioether (sulfide) groups is 1. The van der Waals surface area contributed by atoms with Gasteiger partial charge < -0.3 is 5.21 Å². The van der Waals surface area contributed by atoms with Crippen molar-refractivity contribution in [2.45, 2.75) is 25.7 Å². The molecule has 0 heterocycles. The third-order valence-corrected chi connectivity index (χ3v) is 3.92. The molecular weight excluding hydrogens is 162 g/mol. The van der Waals surface area contributed by atoms with Gasteiger partial charge in [-0.05, 0) is 6.04 Å². The van der Waals surface area contributed by atoms with E-state index in [9.17, 15) is 5.21 Å². The summed E-state index contributed by atoms with van der Waals surface area (Å²) in [5.41, 5.74) is 1.50. The van der Waals surface area contributed by atoms with Gasteiger partial charge in [0.15, 0.2) is 0 Å². The van der Waals surface area contributed by atoms with Crippen molar-refractivity contribution >= 4 is 25.4 Å². The van der Waals surface area contributed by atoms with Crippen LogP contribution in [0.5, 0.6) is 0 Å². The number of hydrogen-bond donors (Lipinski definition) is 1. The molecular formula is C6H15NOSSi. The maximum atomic E-state index is 9.74. The summed E-state index contributed by atoms with van der Waals surface area (Å²) < 4.78 is 0. The van der Waals surface area contributed by atoms with Gasteiger partial charge in [-0.2, -0.15) is 0 Å². The van der Waals surface area contributed by atoms with Gasteiger partial charge in [-0.3, -0.25) is 0 Å². The molecule has 0 aliphatic heterocycles. The Bertz CT molecular complexity index is 111. The van der Waals surface area contributed by atoms with Crippen LogP contribution in [0.1, 0.15) is 0 Å². The molecule has 0 unspecified atom stereocenters. The van der Waals surface area contributed by atoms with Crippen LogP contribution in [0.3, 0.4) is 0 Å². The molecule has 0 atom stereocenters. The van der Waals surface area contributed by atoms with Crippen molar-refractivity contribution in [2.24, 2.45) is 0 Å². The van der Waals surface area contributed by atoms with Crippen LogP contribution < -0.4 is 5.16 Å². The summed E-state index contributed by atoms with van der Waals surface area (Å²) in [5, 5.41) is 11.5. The summed E-state index contributed by atoms with van der Waals surface area (Å²) in [6.07, 6.45) is 0. The van der Waals surface area contributed by atoms with Crippen LogP contribution in [0.4, 0.5) is 0 Å². The Morgan fingerprint density at radius 1 is 1.50 bits per heavy atom. The molecule has 60 valence electrons. The molecule has 0 aromatic heterocycles. The summed E-state index contributed by atoms with van der Waals surface area (Å²) >= 11 is 1.57. The minimum Gasteiger partial charge on any atom is -0.625 e. The summed E-state index contributed by atoms with van der Waals surface area (Å²) in [5.74, 6) is 1.07. The average Bonchev–Trinajstić information content (AvgIpc) is 1.78. The predicted molar refractivity (Wildman–Crippen MR) is 51.0 cm³/mol. The zero-order chi connectivity index (χ0) is 8.04. The zero-order valence-electron chi connectivity index (χ0n) is 6.81. The topological polar surface area (TPSA) is 37.0 Å². The quantitative estimate of drug-likeness (QED) is 0.171. The van der Waals surface area contributed by atoms with Crippen molar-refractivity contribution in [1.82, 2.24) is 0 Å². The van der Waals surface area contributed by atoms with E-state index in [1.165, 1.54) is 11.6 Å². The van der Waals surface area contributed by atoms with Gasteiger partial charge >= 0.3 is 0 Å². The standard InChI is InChI=1S/C6H15NOSSi/c1-10(2,3)5-4-9-6-7-8/h6-7H,4-5H2,1-3H3/b7-6-. The predicted octanol–water partition coefficient (Wildman–Crippen LogP) is 0.664. The number of rotatable bonds is 4. The van der Waals surface area contributed by atoms with Crippen molar-refractivity contribution in [2.75, 3.05) is 5.75 Å². The molecule has 0 saturated carbocycles. The second-order valence-electron chi connectivity index (χ2n) is 3.42. The minimum atomic E-state index is -0.878. The minimum absolute atomic E-state index is 0.878. The highest BCUT2D eigenvalue weighted by molar-refractivity contribution is 8.11. The molecule has 0 fully saturated rings. The summed E-state index contributed by atoms with van der Waals surface area (Å²) in [4.78, 5) is 0. The molecule has 0 saturated heterocycles. The van der Waals surface area contributed by atoms with E-state index in [-0.39, 0.29) is 0 Å². The van der Waals surface area contributed by atoms with Gasteiger partial charge in [0, 0.05) is 13.8 Å². The lowest BCUT2D eigenvalue weighted by molar-refractivity contribution is -0.363. The molecule has 2 nitrogen and oxygen atoms in total. The summed E-state index contributed by atoms with van der Waals surface area (Å²) in [7, 11) is -0.878. The normalized spacial score (nSPS) is 12.7. The maximum absolute atomic E-state index is 9.74. The molecule has 10 heavy (non-hydrogen) atoms. The van der Waals surface area contributed by atoms with Crippen LogP contribution in [0, 0.1) is 5.21 Å². The molecule has 0 radical (unpaired) electrons. The van der Waals surface area contributed by atoms with E-state index in [1.54, 1.807) is 16.9 Å². The first-order valence-electron chi connectivity index (χ1n) is 3.37. The van der Waals surface area contributed by atoms with Gasteiger partial charge in [-0.25, -0.2) is 5.16 Å². The van der Waals surface area contributed by atoms with Crippen molar-refractivity contribution in [1.29, 1.82) is 0 Å². The summed E-state index contributed by atoms with van der Waals surface area (Å²) in [6.45, 7) is 6.99. The lowest BCUT2D eigenvalue weighted by Gasteiger charge is -2.13. The Morgan fingerprint density at radius 2 is 2.10 bits per heavy atom.